The van der Waals surface area contributed by atoms with Crippen molar-refractivity contribution in [3.8, 4) is 5.75 Å². The highest BCUT2D eigenvalue weighted by Crippen LogP contribution is 2.18. The average molecular weight is 527 g/mol. The molecule has 3 N–H and O–H groups in total. The number of rotatable bonds is 14. The standard InChI is InChI=1S/C24H40N2O5.C2H2O4/c1-3-5-15-30-22-12-10-11-21(18-22)25-24(27)31-23(20-29-17-16-28-4-2)19-26-13-8-6-7-9-14-26;3-1(4)2(5)6/h10-12,18,23H,3-9,13-17,19-20H2,1-2H3,(H,25,27);(H,3,4)(H,5,6). The van der Waals surface area contributed by atoms with Crippen LogP contribution in [0.5, 0.6) is 5.75 Å². The van der Waals surface area contributed by atoms with Crippen LogP contribution in [0.1, 0.15) is 52.4 Å². The molecule has 1 aromatic rings. The number of likely N-dealkylation sites (tertiary alicyclic amines) is 1. The van der Waals surface area contributed by atoms with Crippen LogP contribution in [0, 0.1) is 0 Å². The molecule has 1 aromatic carbocycles. The van der Waals surface area contributed by atoms with Gasteiger partial charge in [0, 0.05) is 24.9 Å². The van der Waals surface area contributed by atoms with E-state index in [0.29, 0.717) is 45.3 Å². The van der Waals surface area contributed by atoms with E-state index in [2.05, 4.69) is 17.1 Å². The van der Waals surface area contributed by atoms with Crippen molar-refractivity contribution in [1.29, 1.82) is 0 Å². The van der Waals surface area contributed by atoms with E-state index >= 15 is 0 Å². The van der Waals surface area contributed by atoms with Crippen molar-refractivity contribution in [1.82, 2.24) is 4.90 Å². The fourth-order valence-corrected chi connectivity index (χ4v) is 3.50. The molecule has 0 radical (unpaired) electrons. The summed E-state index contributed by atoms with van der Waals surface area (Å²) >= 11 is 0. The zero-order valence-corrected chi connectivity index (χ0v) is 22.0. The number of hydrogen-bond donors (Lipinski definition) is 3. The first-order valence-electron chi connectivity index (χ1n) is 12.9. The van der Waals surface area contributed by atoms with Crippen LogP contribution in [0.15, 0.2) is 24.3 Å². The van der Waals surface area contributed by atoms with Gasteiger partial charge < -0.3 is 29.2 Å². The molecule has 0 spiro atoms. The fourth-order valence-electron chi connectivity index (χ4n) is 3.50. The highest BCUT2D eigenvalue weighted by molar-refractivity contribution is 6.27. The Kier molecular flexibility index (Phi) is 17.5. The Morgan fingerprint density at radius 2 is 1.65 bits per heavy atom. The van der Waals surface area contributed by atoms with E-state index in [1.165, 1.54) is 25.7 Å². The number of anilines is 1. The van der Waals surface area contributed by atoms with Crippen LogP contribution in [0.4, 0.5) is 10.5 Å². The molecule has 1 saturated heterocycles. The molecule has 1 amide bonds. The SMILES string of the molecule is CCCCOc1cccc(NC(=O)OC(COCCOCC)CN2CCCCCC2)c1.O=C(O)C(=O)O. The predicted octanol–water partition coefficient (Wildman–Crippen LogP) is 3.87. The molecule has 1 aliphatic heterocycles. The van der Waals surface area contributed by atoms with Crippen LogP contribution in [0.2, 0.25) is 0 Å². The Balaban J connectivity index is 0.00000102. The van der Waals surface area contributed by atoms with Gasteiger partial charge in [0.15, 0.2) is 0 Å². The maximum atomic E-state index is 12.6. The molecule has 0 aromatic heterocycles. The van der Waals surface area contributed by atoms with E-state index in [1.54, 1.807) is 0 Å². The lowest BCUT2D eigenvalue weighted by atomic mass is 10.2. The summed E-state index contributed by atoms with van der Waals surface area (Å²) in [6.07, 6.45) is 6.19. The molecule has 210 valence electrons. The quantitative estimate of drug-likeness (QED) is 0.241. The second-order valence-corrected chi connectivity index (χ2v) is 8.48. The fraction of sp³-hybridized carbons (Fsp3) is 0.654. The number of carbonyl (C=O) groups is 3. The molecule has 11 nitrogen and oxygen atoms in total. The lowest BCUT2D eigenvalue weighted by Crippen LogP contribution is -2.39. The van der Waals surface area contributed by atoms with Crippen molar-refractivity contribution in [2.45, 2.75) is 58.5 Å². The molecule has 0 saturated carbocycles. The van der Waals surface area contributed by atoms with E-state index < -0.39 is 18.0 Å². The number of hydrogen-bond acceptors (Lipinski definition) is 8. The number of unbranched alkanes of at least 4 members (excludes halogenated alkanes) is 1. The maximum Gasteiger partial charge on any atom is 0.414 e. The second kappa shape index (κ2) is 20.2. The van der Waals surface area contributed by atoms with Crippen LogP contribution in [-0.2, 0) is 23.8 Å². The number of carboxylic acids is 2. The molecule has 1 heterocycles. The average Bonchev–Trinajstić information content (AvgIpc) is 3.13. The minimum absolute atomic E-state index is 0.330. The normalized spacial score (nSPS) is 14.4. The van der Waals surface area contributed by atoms with E-state index in [9.17, 15) is 4.79 Å². The maximum absolute atomic E-state index is 12.6. The first-order chi connectivity index (χ1) is 17.8. The Morgan fingerprint density at radius 3 is 2.27 bits per heavy atom. The first-order valence-corrected chi connectivity index (χ1v) is 12.9. The summed E-state index contributed by atoms with van der Waals surface area (Å²) in [5.74, 6) is -2.91. The van der Waals surface area contributed by atoms with Crippen molar-refractivity contribution in [2.75, 3.05) is 58.0 Å². The van der Waals surface area contributed by atoms with Gasteiger partial charge in [-0.25, -0.2) is 14.4 Å². The second-order valence-electron chi connectivity index (χ2n) is 8.48. The Hall–Kier alpha value is -2.89. The molecule has 0 bridgehead atoms. The molecular weight excluding hydrogens is 484 g/mol. The molecule has 11 heteroatoms. The number of carboxylic acid groups (broad SMARTS) is 2. The summed E-state index contributed by atoms with van der Waals surface area (Å²) in [6, 6.07) is 7.40. The number of benzene rings is 1. The van der Waals surface area contributed by atoms with E-state index in [4.69, 9.17) is 38.7 Å². The molecule has 0 aliphatic carbocycles. The van der Waals surface area contributed by atoms with Gasteiger partial charge in [-0.15, -0.1) is 0 Å². The summed E-state index contributed by atoms with van der Waals surface area (Å²) < 4.78 is 22.5. The number of carbonyl (C=O) groups excluding carboxylic acids is 1. The molecule has 2 rings (SSSR count). The number of aliphatic carboxylic acids is 2. The van der Waals surface area contributed by atoms with E-state index in [1.807, 2.05) is 31.2 Å². The van der Waals surface area contributed by atoms with Crippen molar-refractivity contribution < 1.29 is 43.5 Å². The summed E-state index contributed by atoms with van der Waals surface area (Å²) in [5, 5.41) is 17.6. The zero-order chi connectivity index (χ0) is 27.3. The number of nitrogens with zero attached hydrogens (tertiary/aromatic N) is 1. The highest BCUT2D eigenvalue weighted by atomic mass is 16.6. The van der Waals surface area contributed by atoms with Crippen molar-refractivity contribution in [2.24, 2.45) is 0 Å². The first kappa shape index (κ1) is 32.1. The van der Waals surface area contributed by atoms with Crippen LogP contribution in [-0.4, -0.2) is 91.9 Å². The van der Waals surface area contributed by atoms with Gasteiger partial charge in [0.05, 0.1) is 26.4 Å². The number of amides is 1. The molecule has 1 aliphatic rings. The number of nitrogens with one attached hydrogen (secondary N) is 1. The van der Waals surface area contributed by atoms with Gasteiger partial charge in [-0.3, -0.25) is 10.2 Å². The van der Waals surface area contributed by atoms with Crippen LogP contribution in [0.3, 0.4) is 0 Å². The van der Waals surface area contributed by atoms with Crippen LogP contribution >= 0.6 is 0 Å². The molecular formula is C26H42N2O9. The molecule has 1 atom stereocenters. The van der Waals surface area contributed by atoms with Gasteiger partial charge in [-0.1, -0.05) is 32.3 Å². The summed E-state index contributed by atoms with van der Waals surface area (Å²) in [5.41, 5.74) is 0.657. The highest BCUT2D eigenvalue weighted by Gasteiger charge is 2.20. The Bertz CT molecular complexity index is 771. The predicted molar refractivity (Wildman–Crippen MR) is 138 cm³/mol. The summed E-state index contributed by atoms with van der Waals surface area (Å²) in [7, 11) is 0. The minimum Gasteiger partial charge on any atom is -0.494 e. The van der Waals surface area contributed by atoms with Crippen LogP contribution < -0.4 is 10.1 Å². The topological polar surface area (TPSA) is 144 Å². The van der Waals surface area contributed by atoms with Gasteiger partial charge in [-0.2, -0.15) is 0 Å². The summed E-state index contributed by atoms with van der Waals surface area (Å²) in [6.45, 7) is 9.58. The lowest BCUT2D eigenvalue weighted by Gasteiger charge is -2.26. The largest absolute Gasteiger partial charge is 0.494 e. The molecule has 1 fully saturated rings. The van der Waals surface area contributed by atoms with Crippen molar-refractivity contribution >= 4 is 23.7 Å². The smallest absolute Gasteiger partial charge is 0.414 e. The monoisotopic (exact) mass is 526 g/mol. The third-order valence-electron chi connectivity index (χ3n) is 5.34. The Labute approximate surface area is 219 Å². The third-order valence-corrected chi connectivity index (χ3v) is 5.34. The van der Waals surface area contributed by atoms with E-state index in [0.717, 1.165) is 31.7 Å². The van der Waals surface area contributed by atoms with Gasteiger partial charge in [0.25, 0.3) is 0 Å². The zero-order valence-electron chi connectivity index (χ0n) is 22.0. The van der Waals surface area contributed by atoms with E-state index in [-0.39, 0.29) is 6.10 Å². The van der Waals surface area contributed by atoms with Gasteiger partial charge >= 0.3 is 18.0 Å². The van der Waals surface area contributed by atoms with Crippen molar-refractivity contribution in [3.63, 3.8) is 0 Å². The lowest BCUT2D eigenvalue weighted by molar-refractivity contribution is -0.159. The third kappa shape index (κ3) is 16.5. The molecule has 1 unspecified atom stereocenters. The Morgan fingerprint density at radius 1 is 0.973 bits per heavy atom. The van der Waals surface area contributed by atoms with Crippen LogP contribution in [0.25, 0.3) is 0 Å². The van der Waals surface area contributed by atoms with Gasteiger partial charge in [0.1, 0.15) is 11.9 Å². The van der Waals surface area contributed by atoms with Crippen molar-refractivity contribution in [3.05, 3.63) is 24.3 Å². The minimum atomic E-state index is -1.82. The van der Waals surface area contributed by atoms with Gasteiger partial charge in [0.2, 0.25) is 0 Å². The molecule has 37 heavy (non-hydrogen) atoms. The van der Waals surface area contributed by atoms with Gasteiger partial charge in [-0.05, 0) is 51.4 Å². The summed E-state index contributed by atoms with van der Waals surface area (Å²) in [4.78, 5) is 33.1. The number of ether oxygens (including phenoxy) is 4.